The largest absolute Gasteiger partial charge is 1.00 e. The van der Waals surface area contributed by atoms with Crippen LogP contribution in [-0.2, 0) is 10.2 Å². The number of nitrogens with zero attached hydrogens (tertiary/aromatic N) is 1. The van der Waals surface area contributed by atoms with E-state index in [0.717, 1.165) is 25.8 Å². The zero-order valence-electron chi connectivity index (χ0n) is 13.6. The van der Waals surface area contributed by atoms with E-state index in [2.05, 4.69) is 43.5 Å². The van der Waals surface area contributed by atoms with Crippen LogP contribution in [0.5, 0.6) is 0 Å². The zero-order valence-corrected chi connectivity index (χ0v) is 16.7. The molecule has 2 rings (SSSR count). The van der Waals surface area contributed by atoms with Crippen LogP contribution in [0.25, 0.3) is 0 Å². The van der Waals surface area contributed by atoms with E-state index >= 15 is 0 Å². The smallest absolute Gasteiger partial charge is 0.481 e. The summed E-state index contributed by atoms with van der Waals surface area (Å²) in [6.07, 6.45) is 3.03. The molecule has 1 aliphatic heterocycles. The Labute approximate surface area is 169 Å². The van der Waals surface area contributed by atoms with Crippen molar-refractivity contribution in [2.45, 2.75) is 51.9 Å². The number of hydrogen-bond donors (Lipinski definition) is 1. The molecule has 0 saturated heterocycles. The minimum atomic E-state index is -0.698. The van der Waals surface area contributed by atoms with Crippen LogP contribution in [0, 0.1) is 6.07 Å². The zero-order chi connectivity index (χ0) is 14.8. The molecule has 0 amide bonds. The van der Waals surface area contributed by atoms with Crippen LogP contribution in [0.4, 0.5) is 5.69 Å². The van der Waals surface area contributed by atoms with Crippen molar-refractivity contribution in [2.75, 3.05) is 6.54 Å². The first-order valence-electron chi connectivity index (χ1n) is 7.28. The van der Waals surface area contributed by atoms with Crippen molar-refractivity contribution in [3.05, 3.63) is 29.8 Å². The molecule has 0 aromatic heterocycles. The molecule has 0 saturated carbocycles. The Morgan fingerprint density at radius 3 is 2.71 bits per heavy atom. The van der Waals surface area contributed by atoms with Gasteiger partial charge in [0, 0.05) is 25.2 Å². The molecule has 0 spiro atoms. The maximum atomic E-state index is 10.5. The maximum Gasteiger partial charge on any atom is 1.00 e. The topological polar surface area (TPSA) is 40.3 Å². The molecule has 0 radical (unpaired) electrons. The number of carbonyl (C=O) groups is 1. The van der Waals surface area contributed by atoms with Gasteiger partial charge in [0.25, 0.3) is 0 Å². The molecule has 0 fully saturated rings. The number of rotatable bonds is 6. The van der Waals surface area contributed by atoms with Gasteiger partial charge in [-0.2, -0.15) is 18.2 Å². The van der Waals surface area contributed by atoms with Crippen LogP contribution in [0.2, 0.25) is 0 Å². The molecule has 21 heavy (non-hydrogen) atoms. The predicted octanol–water partition coefficient (Wildman–Crippen LogP) is 0.532. The van der Waals surface area contributed by atoms with E-state index in [4.69, 9.17) is 5.11 Å². The molecule has 0 atom stereocenters. The summed E-state index contributed by atoms with van der Waals surface area (Å²) in [5.74, 6) is -0.698. The Balaban J connectivity index is 0.00000220. The fourth-order valence-corrected chi connectivity index (χ4v) is 2.88. The Hall–Kier alpha value is -0.00364. The van der Waals surface area contributed by atoms with E-state index < -0.39 is 5.97 Å². The molecule has 4 heteroatoms. The van der Waals surface area contributed by atoms with Crippen molar-refractivity contribution in [3.63, 3.8) is 0 Å². The molecule has 0 unspecified atom stereocenters. The molecule has 0 bridgehead atoms. The number of carboxylic acid groups (broad SMARTS) is 1. The fraction of sp³-hybridized carbons (Fsp3) is 0.529. The van der Waals surface area contributed by atoms with Crippen LogP contribution in [0.15, 0.2) is 18.2 Å². The quantitative estimate of drug-likeness (QED) is 0.360. The Kier molecular flexibility index (Phi) is 7.27. The predicted molar refractivity (Wildman–Crippen MR) is 79.9 cm³/mol. The van der Waals surface area contributed by atoms with Crippen molar-refractivity contribution >= 4 is 17.4 Å². The van der Waals surface area contributed by atoms with Crippen LogP contribution >= 0.6 is 0 Å². The van der Waals surface area contributed by atoms with Gasteiger partial charge in [0.05, 0.1) is 0 Å². The van der Waals surface area contributed by atoms with Gasteiger partial charge >= 0.3 is 57.4 Å². The van der Waals surface area contributed by atoms with E-state index in [9.17, 15) is 4.79 Å². The van der Waals surface area contributed by atoms with Gasteiger partial charge in [0.15, 0.2) is 5.71 Å². The van der Waals surface area contributed by atoms with E-state index in [0.29, 0.717) is 0 Å². The van der Waals surface area contributed by atoms with Crippen molar-refractivity contribution in [3.8, 4) is 0 Å². The van der Waals surface area contributed by atoms with Gasteiger partial charge < -0.3 is 5.11 Å². The summed E-state index contributed by atoms with van der Waals surface area (Å²) < 4.78 is 2.38. The van der Waals surface area contributed by atoms with Gasteiger partial charge in [-0.05, 0) is 12.8 Å². The van der Waals surface area contributed by atoms with Crippen LogP contribution in [0.3, 0.4) is 0 Å². The second kappa shape index (κ2) is 8.02. The fourth-order valence-electron chi connectivity index (χ4n) is 2.88. The summed E-state index contributed by atoms with van der Waals surface area (Å²) in [7, 11) is 0. The van der Waals surface area contributed by atoms with Gasteiger partial charge in [-0.3, -0.25) is 4.79 Å². The van der Waals surface area contributed by atoms with Gasteiger partial charge in [-0.1, -0.05) is 19.4 Å². The third-order valence-electron chi connectivity index (χ3n) is 4.39. The first-order chi connectivity index (χ1) is 9.44. The Morgan fingerprint density at radius 2 is 2.05 bits per heavy atom. The van der Waals surface area contributed by atoms with Crippen molar-refractivity contribution in [2.24, 2.45) is 0 Å². The van der Waals surface area contributed by atoms with Crippen molar-refractivity contribution in [1.29, 1.82) is 0 Å². The first kappa shape index (κ1) is 19.0. The van der Waals surface area contributed by atoms with Gasteiger partial charge in [0.2, 0.25) is 0 Å². The molecule has 1 aromatic carbocycles. The number of unbranched alkanes of at least 4 members (excludes halogenated alkanes) is 2. The monoisotopic (exact) mass is 312 g/mol. The molecular weight excluding hydrogens is 289 g/mol. The number of carboxylic acids is 1. The standard InChI is InChI=1S/C17H23NO2.K/c1-13-17(2,3)14-9-6-7-10-15(14)18(13)12-8-4-5-11-16(19)20;/h7,9-10H,4-5,8,11-12H2,1-3H3,(H,19,20);/q;+1. The molecule has 0 aliphatic carbocycles. The van der Waals surface area contributed by atoms with Crippen molar-refractivity contribution < 1.29 is 65.9 Å². The molecule has 1 heterocycles. The second-order valence-corrected chi connectivity index (χ2v) is 6.01. The van der Waals surface area contributed by atoms with Gasteiger partial charge in [0.1, 0.15) is 12.2 Å². The summed E-state index contributed by atoms with van der Waals surface area (Å²) in [6, 6.07) is 9.35. The van der Waals surface area contributed by atoms with E-state index in [1.807, 2.05) is 6.07 Å². The summed E-state index contributed by atoms with van der Waals surface area (Å²) in [5.41, 5.74) is 4.05. The molecular formula is C17H23KNO2+. The van der Waals surface area contributed by atoms with Crippen molar-refractivity contribution in [1.82, 2.24) is 0 Å². The Morgan fingerprint density at radius 1 is 1.33 bits per heavy atom. The summed E-state index contributed by atoms with van der Waals surface area (Å²) in [5, 5.41) is 8.65. The molecule has 1 aromatic rings. The van der Waals surface area contributed by atoms with E-state index in [-0.39, 0.29) is 63.2 Å². The number of aliphatic carboxylic acids is 1. The second-order valence-electron chi connectivity index (χ2n) is 6.01. The third-order valence-corrected chi connectivity index (χ3v) is 4.39. The number of hydrogen-bond acceptors (Lipinski definition) is 1. The molecule has 1 N–H and O–H groups in total. The van der Waals surface area contributed by atoms with Gasteiger partial charge in [-0.25, -0.2) is 4.58 Å². The average Bonchev–Trinajstić information content (AvgIpc) is 2.59. The number of benzene rings is 1. The average molecular weight is 312 g/mol. The van der Waals surface area contributed by atoms with Crippen LogP contribution in [0.1, 0.15) is 52.0 Å². The first-order valence-corrected chi connectivity index (χ1v) is 7.28. The summed E-state index contributed by atoms with van der Waals surface area (Å²) in [4.78, 5) is 10.5. The summed E-state index contributed by atoms with van der Waals surface area (Å²) in [6.45, 7) is 7.65. The third kappa shape index (κ3) is 4.26. The minimum absolute atomic E-state index is 0. The van der Waals surface area contributed by atoms with Crippen LogP contribution < -0.4 is 51.4 Å². The molecule has 1 aliphatic rings. The normalized spacial score (nSPS) is 15.6. The Bertz CT molecular complexity index is 549. The van der Waals surface area contributed by atoms with E-state index in [1.54, 1.807) is 0 Å². The SMILES string of the molecule is CC1=[N+](CCCCCC(=O)O)c2cc[c-]cc2C1(C)C.[K+]. The van der Waals surface area contributed by atoms with Gasteiger partial charge in [-0.15, -0.1) is 6.07 Å². The molecule has 3 nitrogen and oxygen atoms in total. The van der Waals surface area contributed by atoms with Crippen LogP contribution in [-0.4, -0.2) is 27.9 Å². The minimum Gasteiger partial charge on any atom is -0.481 e. The summed E-state index contributed by atoms with van der Waals surface area (Å²) >= 11 is 0. The number of fused-ring (bicyclic) bond motifs is 1. The molecule has 108 valence electrons. The maximum absolute atomic E-state index is 10.5. The van der Waals surface area contributed by atoms with E-state index in [1.165, 1.54) is 17.0 Å².